The molecule has 1 aromatic heterocycles. The molecule has 1 heterocycles. The molecule has 0 fully saturated rings. The molecule has 0 aliphatic heterocycles. The van der Waals surface area contributed by atoms with Crippen LogP contribution in [0.2, 0.25) is 0 Å². The Labute approximate surface area is 131 Å². The van der Waals surface area contributed by atoms with Crippen molar-refractivity contribution in [3.05, 3.63) is 48.0 Å². The number of ether oxygens (including phenoxy) is 1. The van der Waals surface area contributed by atoms with Crippen LogP contribution in [0.4, 0.5) is 0 Å². The quantitative estimate of drug-likeness (QED) is 0.790. The second kappa shape index (κ2) is 7.64. The molecule has 0 saturated heterocycles. The van der Waals surface area contributed by atoms with Crippen LogP contribution in [-0.2, 0) is 17.9 Å². The van der Waals surface area contributed by atoms with Gasteiger partial charge in [0.15, 0.2) is 0 Å². The molecule has 0 atom stereocenters. The second-order valence-electron chi connectivity index (χ2n) is 5.08. The molecule has 0 N–H and O–H groups in total. The molecule has 5 heteroatoms. The zero-order valence-electron chi connectivity index (χ0n) is 13.5. The molecule has 0 aliphatic carbocycles. The minimum absolute atomic E-state index is 0.151. The van der Waals surface area contributed by atoms with Gasteiger partial charge < -0.3 is 14.2 Å². The Kier molecular flexibility index (Phi) is 5.58. The number of nitrogens with zero attached hydrogens (tertiary/aromatic N) is 3. The van der Waals surface area contributed by atoms with Gasteiger partial charge in [-0.25, -0.2) is 4.98 Å². The van der Waals surface area contributed by atoms with Gasteiger partial charge in [0.1, 0.15) is 11.6 Å². The average Bonchev–Trinajstić information content (AvgIpc) is 2.98. The van der Waals surface area contributed by atoms with E-state index < -0.39 is 0 Å². The van der Waals surface area contributed by atoms with Crippen molar-refractivity contribution in [3.8, 4) is 5.75 Å². The van der Waals surface area contributed by atoms with E-state index in [9.17, 15) is 4.79 Å². The van der Waals surface area contributed by atoms with Crippen molar-refractivity contribution < 1.29 is 9.53 Å². The summed E-state index contributed by atoms with van der Waals surface area (Å²) in [5.41, 5.74) is 1.14. The van der Waals surface area contributed by atoms with Gasteiger partial charge in [-0.15, -0.1) is 0 Å². The topological polar surface area (TPSA) is 47.4 Å². The molecule has 0 unspecified atom stereocenters. The van der Waals surface area contributed by atoms with Crippen molar-refractivity contribution in [1.29, 1.82) is 0 Å². The molecule has 0 radical (unpaired) electrons. The van der Waals surface area contributed by atoms with E-state index in [1.807, 2.05) is 43.1 Å². The van der Waals surface area contributed by atoms with E-state index in [1.54, 1.807) is 13.3 Å². The highest BCUT2D eigenvalue weighted by atomic mass is 16.5. The van der Waals surface area contributed by atoms with Crippen molar-refractivity contribution in [2.45, 2.75) is 33.4 Å². The van der Waals surface area contributed by atoms with E-state index in [0.717, 1.165) is 17.1 Å². The molecule has 5 nitrogen and oxygen atoms in total. The van der Waals surface area contributed by atoms with Gasteiger partial charge in [-0.05, 0) is 24.6 Å². The first kappa shape index (κ1) is 16.1. The monoisotopic (exact) mass is 301 g/mol. The number of rotatable bonds is 7. The maximum atomic E-state index is 11.9. The lowest BCUT2D eigenvalue weighted by molar-refractivity contribution is -0.131. The number of amides is 1. The molecule has 2 rings (SSSR count). The number of carbonyl (C=O) groups is 1. The van der Waals surface area contributed by atoms with Crippen molar-refractivity contribution in [2.24, 2.45) is 0 Å². The number of imidazole rings is 1. The highest BCUT2D eigenvalue weighted by molar-refractivity contribution is 5.75. The van der Waals surface area contributed by atoms with E-state index in [-0.39, 0.29) is 5.91 Å². The van der Waals surface area contributed by atoms with Crippen LogP contribution in [0, 0.1) is 0 Å². The first-order valence-corrected chi connectivity index (χ1v) is 7.58. The zero-order chi connectivity index (χ0) is 15.9. The third-order valence-corrected chi connectivity index (χ3v) is 3.66. The van der Waals surface area contributed by atoms with Crippen molar-refractivity contribution in [3.63, 3.8) is 0 Å². The van der Waals surface area contributed by atoms with E-state index in [4.69, 9.17) is 4.74 Å². The Hall–Kier alpha value is -2.30. The first-order chi connectivity index (χ1) is 10.7. The maximum absolute atomic E-state index is 11.9. The van der Waals surface area contributed by atoms with Crippen LogP contribution >= 0.6 is 0 Å². The Morgan fingerprint density at radius 1 is 1.36 bits per heavy atom. The standard InChI is InChI=1S/C17H23N3O2/c1-4-17(21)19(5-2)13-16-18-9-10-20(16)12-14-7-6-8-15(11-14)22-3/h6-11H,4-5,12-13H2,1-3H3. The lowest BCUT2D eigenvalue weighted by Gasteiger charge is -2.20. The Morgan fingerprint density at radius 2 is 2.18 bits per heavy atom. The summed E-state index contributed by atoms with van der Waals surface area (Å²) in [4.78, 5) is 18.1. The molecule has 0 aliphatic rings. The van der Waals surface area contributed by atoms with Crippen molar-refractivity contribution in [2.75, 3.05) is 13.7 Å². The van der Waals surface area contributed by atoms with E-state index in [1.165, 1.54) is 0 Å². The van der Waals surface area contributed by atoms with E-state index in [2.05, 4.69) is 15.6 Å². The van der Waals surface area contributed by atoms with Gasteiger partial charge in [0, 0.05) is 31.9 Å². The molecule has 0 spiro atoms. The largest absolute Gasteiger partial charge is 0.497 e. The smallest absolute Gasteiger partial charge is 0.222 e. The summed E-state index contributed by atoms with van der Waals surface area (Å²) in [5, 5.41) is 0. The number of benzene rings is 1. The summed E-state index contributed by atoms with van der Waals surface area (Å²) in [5.74, 6) is 1.89. The van der Waals surface area contributed by atoms with Gasteiger partial charge in [0.25, 0.3) is 0 Å². The summed E-state index contributed by atoms with van der Waals surface area (Å²) in [7, 11) is 1.66. The Balaban J connectivity index is 2.13. The third kappa shape index (κ3) is 3.87. The molecule has 1 aromatic carbocycles. The number of hydrogen-bond acceptors (Lipinski definition) is 3. The zero-order valence-corrected chi connectivity index (χ0v) is 13.5. The number of methoxy groups -OCH3 is 1. The third-order valence-electron chi connectivity index (χ3n) is 3.66. The minimum Gasteiger partial charge on any atom is -0.497 e. The average molecular weight is 301 g/mol. The Bertz CT molecular complexity index is 622. The molecule has 0 saturated carbocycles. The predicted octanol–water partition coefficient (Wildman–Crippen LogP) is 2.70. The molecule has 22 heavy (non-hydrogen) atoms. The van der Waals surface area contributed by atoms with Crippen molar-refractivity contribution in [1.82, 2.24) is 14.5 Å². The highest BCUT2D eigenvalue weighted by Gasteiger charge is 2.13. The molecular formula is C17H23N3O2. The molecule has 1 amide bonds. The highest BCUT2D eigenvalue weighted by Crippen LogP contribution is 2.15. The predicted molar refractivity (Wildman–Crippen MR) is 85.7 cm³/mol. The number of aromatic nitrogens is 2. The lowest BCUT2D eigenvalue weighted by atomic mass is 10.2. The second-order valence-corrected chi connectivity index (χ2v) is 5.08. The van der Waals surface area contributed by atoms with Gasteiger partial charge in [0.05, 0.1) is 13.7 Å². The van der Waals surface area contributed by atoms with Gasteiger partial charge in [-0.2, -0.15) is 0 Å². The van der Waals surface area contributed by atoms with E-state index >= 15 is 0 Å². The van der Waals surface area contributed by atoms with Gasteiger partial charge >= 0.3 is 0 Å². The summed E-state index contributed by atoms with van der Waals surface area (Å²) >= 11 is 0. The fraction of sp³-hybridized carbons (Fsp3) is 0.412. The maximum Gasteiger partial charge on any atom is 0.222 e. The minimum atomic E-state index is 0.151. The van der Waals surface area contributed by atoms with Gasteiger partial charge in [-0.1, -0.05) is 19.1 Å². The SMILES string of the molecule is CCC(=O)N(CC)Cc1nccn1Cc1cccc(OC)c1. The normalized spacial score (nSPS) is 10.5. The van der Waals surface area contributed by atoms with Gasteiger partial charge in [-0.3, -0.25) is 4.79 Å². The summed E-state index contributed by atoms with van der Waals surface area (Å²) in [6, 6.07) is 7.97. The summed E-state index contributed by atoms with van der Waals surface area (Å²) in [6.07, 6.45) is 4.24. The van der Waals surface area contributed by atoms with Crippen LogP contribution < -0.4 is 4.74 Å². The number of hydrogen-bond donors (Lipinski definition) is 0. The fourth-order valence-electron chi connectivity index (χ4n) is 2.37. The summed E-state index contributed by atoms with van der Waals surface area (Å²) < 4.78 is 7.32. The van der Waals surface area contributed by atoms with Crippen LogP contribution in [-0.4, -0.2) is 34.0 Å². The first-order valence-electron chi connectivity index (χ1n) is 7.58. The summed E-state index contributed by atoms with van der Waals surface area (Å²) in [6.45, 7) is 5.82. The van der Waals surface area contributed by atoms with Gasteiger partial charge in [0.2, 0.25) is 5.91 Å². The fourth-order valence-corrected chi connectivity index (χ4v) is 2.37. The van der Waals surface area contributed by atoms with Crippen LogP contribution in [0.15, 0.2) is 36.7 Å². The Morgan fingerprint density at radius 3 is 2.86 bits per heavy atom. The molecule has 2 aromatic rings. The molecule has 118 valence electrons. The van der Waals surface area contributed by atoms with Crippen molar-refractivity contribution >= 4 is 5.91 Å². The van der Waals surface area contributed by atoms with Crippen LogP contribution in [0.25, 0.3) is 0 Å². The van der Waals surface area contributed by atoms with Crippen LogP contribution in [0.3, 0.4) is 0 Å². The molecular weight excluding hydrogens is 278 g/mol. The lowest BCUT2D eigenvalue weighted by Crippen LogP contribution is -2.30. The van der Waals surface area contributed by atoms with Crippen LogP contribution in [0.1, 0.15) is 31.7 Å². The molecule has 0 bridgehead atoms. The van der Waals surface area contributed by atoms with E-state index in [0.29, 0.717) is 26.1 Å². The van der Waals surface area contributed by atoms with Crippen LogP contribution in [0.5, 0.6) is 5.75 Å². The number of carbonyl (C=O) groups excluding carboxylic acids is 1.